The maximum Gasteiger partial charge on any atom is 0.338 e. The number of hydrogen-bond donors (Lipinski definition) is 1. The van der Waals surface area contributed by atoms with E-state index in [4.69, 9.17) is 4.74 Å². The Morgan fingerprint density at radius 2 is 1.94 bits per heavy atom. The van der Waals surface area contributed by atoms with E-state index in [0.717, 1.165) is 37.8 Å². The summed E-state index contributed by atoms with van der Waals surface area (Å²) >= 11 is 0. The van der Waals surface area contributed by atoms with E-state index in [1.54, 1.807) is 0 Å². The molecule has 2 heterocycles. The van der Waals surface area contributed by atoms with Gasteiger partial charge in [0.25, 0.3) is 5.56 Å². The number of carbonyl (C=O) groups excluding carboxylic acids is 1. The number of fused-ring (bicyclic) bond motifs is 1. The van der Waals surface area contributed by atoms with Crippen molar-refractivity contribution < 1.29 is 21.8 Å². The number of nitrogens with one attached hydrogen (secondary N) is 1. The van der Waals surface area contributed by atoms with Crippen molar-refractivity contribution >= 4 is 27.4 Å². The minimum Gasteiger partial charge on any atom is -0.462 e. The summed E-state index contributed by atoms with van der Waals surface area (Å²) < 4.78 is 43.1. The van der Waals surface area contributed by atoms with Gasteiger partial charge in [0.15, 0.2) is 5.65 Å². The summed E-state index contributed by atoms with van der Waals surface area (Å²) in [5.41, 5.74) is -0.383. The summed E-state index contributed by atoms with van der Waals surface area (Å²) in [5, 5.41) is 0. The van der Waals surface area contributed by atoms with Crippen LogP contribution in [0.3, 0.4) is 0 Å². The fraction of sp³-hybridized carbons (Fsp3) is 0.478. The van der Waals surface area contributed by atoms with E-state index in [-0.39, 0.29) is 37.6 Å². The molecule has 3 aromatic rings. The van der Waals surface area contributed by atoms with E-state index in [0.29, 0.717) is 23.4 Å². The zero-order chi connectivity index (χ0) is 25.2. The molecule has 0 aliphatic heterocycles. The van der Waals surface area contributed by atoms with Gasteiger partial charge in [-0.1, -0.05) is 25.8 Å². The van der Waals surface area contributed by atoms with E-state index < -0.39 is 32.3 Å². The van der Waals surface area contributed by atoms with Crippen molar-refractivity contribution in [2.45, 2.75) is 69.4 Å². The van der Waals surface area contributed by atoms with Gasteiger partial charge < -0.3 is 9.72 Å². The Bertz CT molecular complexity index is 1470. The van der Waals surface area contributed by atoms with E-state index in [1.165, 1.54) is 21.3 Å². The first kappa shape index (κ1) is 24.8. The third-order valence-electron chi connectivity index (χ3n) is 6.18. The summed E-state index contributed by atoms with van der Waals surface area (Å²) in [6.07, 6.45) is 5.01. The molecule has 1 fully saturated rings. The van der Waals surface area contributed by atoms with Crippen molar-refractivity contribution in [3.8, 4) is 0 Å². The lowest BCUT2D eigenvalue weighted by Gasteiger charge is -2.11. The lowest BCUT2D eigenvalue weighted by molar-refractivity contribution is 0.0495. The molecule has 188 valence electrons. The highest BCUT2D eigenvalue weighted by molar-refractivity contribution is 7.86. The number of benzene rings is 1. The molecule has 1 aromatic carbocycles. The van der Waals surface area contributed by atoms with E-state index in [2.05, 4.69) is 9.97 Å². The molecule has 0 spiro atoms. The van der Waals surface area contributed by atoms with Crippen LogP contribution >= 0.6 is 0 Å². The van der Waals surface area contributed by atoms with Crippen molar-refractivity contribution in [3.05, 3.63) is 56.5 Å². The number of esters is 1. The minimum absolute atomic E-state index is 0.0772. The lowest BCUT2D eigenvalue weighted by Crippen LogP contribution is -2.40. The van der Waals surface area contributed by atoms with Crippen LogP contribution in [0.25, 0.3) is 11.2 Å². The van der Waals surface area contributed by atoms with Gasteiger partial charge in [0.2, 0.25) is 0 Å². The van der Waals surface area contributed by atoms with Crippen molar-refractivity contribution in [2.75, 3.05) is 6.61 Å². The molecule has 0 unspecified atom stereocenters. The number of imidazole rings is 1. The Morgan fingerprint density at radius 3 is 2.63 bits per heavy atom. The van der Waals surface area contributed by atoms with Crippen LogP contribution in [-0.4, -0.2) is 40.1 Å². The van der Waals surface area contributed by atoms with Crippen molar-refractivity contribution in [1.82, 2.24) is 19.1 Å². The van der Waals surface area contributed by atoms with Crippen LogP contribution in [0.2, 0.25) is 0 Å². The molecule has 0 amide bonds. The van der Waals surface area contributed by atoms with Crippen LogP contribution in [0.1, 0.15) is 67.5 Å². The number of hydrogen-bond acceptors (Lipinski definition) is 7. The molecule has 1 aliphatic rings. The van der Waals surface area contributed by atoms with Gasteiger partial charge in [-0.3, -0.25) is 13.9 Å². The molecule has 4 rings (SSSR count). The maximum atomic E-state index is 13.2. The van der Waals surface area contributed by atoms with Crippen LogP contribution in [0, 0.1) is 0 Å². The fourth-order valence-electron chi connectivity index (χ4n) is 4.45. The number of halogens is 1. The Morgan fingerprint density at radius 1 is 1.20 bits per heavy atom. The molecular weight excluding hydrogens is 479 g/mol. The first-order valence-corrected chi connectivity index (χ1v) is 13.0. The topological polar surface area (TPSA) is 133 Å². The van der Waals surface area contributed by atoms with Crippen LogP contribution in [0.5, 0.6) is 0 Å². The smallest absolute Gasteiger partial charge is 0.338 e. The van der Waals surface area contributed by atoms with Gasteiger partial charge in [0, 0.05) is 19.0 Å². The average molecular weight is 507 g/mol. The number of aryl methyl sites for hydroxylation is 1. The summed E-state index contributed by atoms with van der Waals surface area (Å²) in [5.74, 6) is 0.133. The maximum absolute atomic E-state index is 13.2. The average Bonchev–Trinajstić information content (AvgIpc) is 3.51. The van der Waals surface area contributed by atoms with Crippen molar-refractivity contribution in [1.29, 1.82) is 0 Å². The molecule has 0 radical (unpaired) electrons. The summed E-state index contributed by atoms with van der Waals surface area (Å²) in [4.78, 5) is 45.4. The molecule has 1 N–H and O–H groups in total. The van der Waals surface area contributed by atoms with Crippen molar-refractivity contribution in [3.63, 3.8) is 0 Å². The number of rotatable bonds is 9. The largest absolute Gasteiger partial charge is 0.462 e. The zero-order valence-electron chi connectivity index (χ0n) is 19.3. The van der Waals surface area contributed by atoms with Gasteiger partial charge >= 0.3 is 21.9 Å². The van der Waals surface area contributed by atoms with E-state index in [9.17, 15) is 26.7 Å². The molecule has 0 bridgehead atoms. The molecule has 1 aliphatic carbocycles. The van der Waals surface area contributed by atoms with Crippen LogP contribution in [-0.2, 0) is 28.0 Å². The Labute approximate surface area is 201 Å². The zero-order valence-corrected chi connectivity index (χ0v) is 20.1. The normalized spacial score (nSPS) is 14.6. The quantitative estimate of drug-likeness (QED) is 0.268. The molecule has 35 heavy (non-hydrogen) atoms. The Balaban J connectivity index is 1.53. The SMILES string of the molecule is CCCn1c(=O)c2[nH]c(C3CCCC3)nc2n(CCCOC(=O)c2cccc(S(=O)(=O)F)c2)c1=O. The molecule has 1 saturated carbocycles. The van der Waals surface area contributed by atoms with Crippen molar-refractivity contribution in [2.24, 2.45) is 0 Å². The molecule has 2 aromatic heterocycles. The second-order valence-electron chi connectivity index (χ2n) is 8.65. The first-order valence-electron chi connectivity index (χ1n) is 11.7. The second kappa shape index (κ2) is 10.1. The van der Waals surface area contributed by atoms with Gasteiger partial charge in [-0.15, -0.1) is 3.89 Å². The van der Waals surface area contributed by atoms with Gasteiger partial charge in [-0.25, -0.2) is 14.6 Å². The first-order chi connectivity index (χ1) is 16.7. The van der Waals surface area contributed by atoms with Gasteiger partial charge in [-0.05, 0) is 43.9 Å². The van der Waals surface area contributed by atoms with E-state index >= 15 is 0 Å². The van der Waals surface area contributed by atoms with Gasteiger partial charge in [0.1, 0.15) is 11.3 Å². The highest BCUT2D eigenvalue weighted by Crippen LogP contribution is 2.32. The molecule has 0 atom stereocenters. The third kappa shape index (κ3) is 5.21. The number of carbonyl (C=O) groups is 1. The van der Waals surface area contributed by atoms with E-state index in [1.807, 2.05) is 6.92 Å². The molecule has 10 nitrogen and oxygen atoms in total. The van der Waals surface area contributed by atoms with Crippen LogP contribution < -0.4 is 11.2 Å². The monoisotopic (exact) mass is 506 g/mol. The lowest BCUT2D eigenvalue weighted by atomic mass is 10.1. The number of H-pyrrole nitrogens is 1. The minimum atomic E-state index is -4.95. The number of nitrogens with zero attached hydrogens (tertiary/aromatic N) is 3. The summed E-state index contributed by atoms with van der Waals surface area (Å²) in [6, 6.07) is 4.51. The highest BCUT2D eigenvalue weighted by atomic mass is 32.3. The number of aromatic nitrogens is 4. The Kier molecular flexibility index (Phi) is 7.20. The summed E-state index contributed by atoms with van der Waals surface area (Å²) in [6.45, 7) is 2.22. The van der Waals surface area contributed by atoms with Crippen LogP contribution in [0.4, 0.5) is 3.89 Å². The standard InChI is InChI=1S/C23H27FN4O6S/c1-2-11-28-21(29)18-20(26-19(25-18)15-7-3-4-8-15)27(23(28)31)12-6-13-34-22(30)16-9-5-10-17(14-16)35(24,32)33/h5,9-10,14-15H,2-4,6-8,11-13H2,1H3,(H,25,26). The van der Waals surface area contributed by atoms with Crippen LogP contribution in [0.15, 0.2) is 38.8 Å². The third-order valence-corrected chi connectivity index (χ3v) is 7.00. The molecule has 0 saturated heterocycles. The predicted molar refractivity (Wildman–Crippen MR) is 126 cm³/mol. The van der Waals surface area contributed by atoms with Gasteiger partial charge in [-0.2, -0.15) is 8.42 Å². The second-order valence-corrected chi connectivity index (χ2v) is 10.00. The molecular formula is C23H27FN4O6S. The summed E-state index contributed by atoms with van der Waals surface area (Å²) in [7, 11) is -4.95. The highest BCUT2D eigenvalue weighted by Gasteiger charge is 2.24. The Hall–Kier alpha value is -3.28. The number of aromatic amines is 1. The fourth-order valence-corrected chi connectivity index (χ4v) is 4.95. The number of ether oxygens (including phenoxy) is 1. The predicted octanol–water partition coefficient (Wildman–Crippen LogP) is 2.86. The van der Waals surface area contributed by atoms with Gasteiger partial charge in [0.05, 0.1) is 17.1 Å². The molecule has 12 heteroatoms.